The van der Waals surface area contributed by atoms with Gasteiger partial charge in [-0.15, -0.1) is 0 Å². The number of rotatable bonds is 8. The molecule has 5 rings (SSSR count). The van der Waals surface area contributed by atoms with Crippen LogP contribution in [0.15, 0.2) is 35.8 Å². The Morgan fingerprint density at radius 2 is 1.77 bits per heavy atom. The molecule has 13 atom stereocenters. The van der Waals surface area contributed by atoms with Gasteiger partial charge in [0.25, 0.3) is 0 Å². The number of benzene rings is 1. The number of cyclic esters (lactones) is 1. The van der Waals surface area contributed by atoms with Gasteiger partial charge >= 0.3 is 12.1 Å². The number of aliphatic hydroxyl groups excluding tert-OH is 1. The maximum atomic E-state index is 14.5. The van der Waals surface area contributed by atoms with Crippen LogP contribution in [-0.2, 0) is 39.7 Å². The Morgan fingerprint density at radius 1 is 1.07 bits per heavy atom. The van der Waals surface area contributed by atoms with Gasteiger partial charge in [0.2, 0.25) is 0 Å². The van der Waals surface area contributed by atoms with Crippen LogP contribution in [0.5, 0.6) is 0 Å². The number of aliphatic imine (C=N–C) groups is 1. The number of hydrogen-bond donors (Lipinski definition) is 1. The van der Waals surface area contributed by atoms with Gasteiger partial charge in [-0.2, -0.15) is 0 Å². The molecule has 0 aromatic heterocycles. The van der Waals surface area contributed by atoms with Crippen LogP contribution in [0.25, 0.3) is 6.08 Å². The van der Waals surface area contributed by atoms with Crippen molar-refractivity contribution < 1.29 is 43.2 Å². The highest BCUT2D eigenvalue weighted by molar-refractivity contribution is 6.00. The zero-order valence-electron chi connectivity index (χ0n) is 34.9. The third kappa shape index (κ3) is 8.92. The van der Waals surface area contributed by atoms with Gasteiger partial charge in [0.1, 0.15) is 24.7 Å². The molecule has 2 bridgehead atoms. The summed E-state index contributed by atoms with van der Waals surface area (Å²) in [5.41, 5.74) is 0.539. The van der Waals surface area contributed by atoms with E-state index in [4.69, 9.17) is 28.7 Å². The van der Waals surface area contributed by atoms with E-state index in [-0.39, 0.29) is 30.6 Å². The maximum Gasteiger partial charge on any atom is 0.410 e. The molecule has 1 N–H and O–H groups in total. The van der Waals surface area contributed by atoms with Crippen molar-refractivity contribution in [3.63, 3.8) is 0 Å². The number of amides is 1. The van der Waals surface area contributed by atoms with Crippen LogP contribution in [0.2, 0.25) is 0 Å². The van der Waals surface area contributed by atoms with Crippen molar-refractivity contribution in [2.45, 2.75) is 135 Å². The lowest BCUT2D eigenvalue weighted by Gasteiger charge is -2.47. The third-order valence-corrected chi connectivity index (χ3v) is 12.5. The van der Waals surface area contributed by atoms with E-state index in [1.165, 1.54) is 6.92 Å². The number of hydrogen-bond acceptors (Lipinski definition) is 11. The summed E-state index contributed by atoms with van der Waals surface area (Å²) in [5.74, 6) is 2.65. The third-order valence-electron chi connectivity index (χ3n) is 12.5. The quantitative estimate of drug-likeness (QED) is 0.210. The molecule has 1 aromatic rings. The molecule has 4 heterocycles. The first-order chi connectivity index (χ1) is 26.4. The van der Waals surface area contributed by atoms with Gasteiger partial charge in [0, 0.05) is 36.6 Å². The molecular weight excluding hydrogens is 714 g/mol. The van der Waals surface area contributed by atoms with E-state index in [2.05, 4.69) is 25.3 Å². The van der Waals surface area contributed by atoms with Gasteiger partial charge in [0.05, 0.1) is 30.4 Å². The van der Waals surface area contributed by atoms with Crippen LogP contribution in [0.3, 0.4) is 0 Å². The highest BCUT2D eigenvalue weighted by Gasteiger charge is 2.60. The van der Waals surface area contributed by atoms with E-state index in [0.717, 1.165) is 16.8 Å². The Labute approximate surface area is 333 Å². The van der Waals surface area contributed by atoms with E-state index >= 15 is 0 Å². The van der Waals surface area contributed by atoms with Gasteiger partial charge in [-0.05, 0) is 78.1 Å². The Hall–Kier alpha value is -3.60. The molecule has 12 nitrogen and oxygen atoms in total. The summed E-state index contributed by atoms with van der Waals surface area (Å²) in [6.07, 6.45) is -1.05. The van der Waals surface area contributed by atoms with Crippen LogP contribution in [-0.4, -0.2) is 126 Å². The number of ether oxygens (including phenoxy) is 5. The molecule has 56 heavy (non-hydrogen) atoms. The SMILES string of the molecule is C=Cc1ccc(CC#CCO[C@]2(C)C[C@@H](C)C3=NCCN4C(=O)O[C@](C)([C@@H](CC)OC(=O)[C@H](C)C(=O)[C@H](C)[C@H]2O[C@@H]2O[C@H](C)C[C@H](N(C)C)[C@H]2O)[C@H]4[C@H]3C)cc1. The Kier molecular flexibility index (Phi) is 13.9. The highest BCUT2D eigenvalue weighted by atomic mass is 16.7. The minimum atomic E-state index is -1.22. The molecule has 0 radical (unpaired) electrons. The lowest BCUT2D eigenvalue weighted by molar-refractivity contribution is -0.296. The van der Waals surface area contributed by atoms with E-state index in [1.807, 2.05) is 77.9 Å². The zero-order chi connectivity index (χ0) is 41.1. The van der Waals surface area contributed by atoms with E-state index in [9.17, 15) is 19.5 Å². The summed E-state index contributed by atoms with van der Waals surface area (Å²) in [6.45, 7) is 19.5. The molecule has 308 valence electrons. The van der Waals surface area contributed by atoms with Crippen LogP contribution < -0.4 is 0 Å². The summed E-state index contributed by atoms with van der Waals surface area (Å²) < 4.78 is 32.2. The molecule has 3 fully saturated rings. The number of Topliss-reactive ketones (excluding diaryl/α,β-unsaturated/α-hetero) is 1. The van der Waals surface area contributed by atoms with Gasteiger partial charge in [-0.1, -0.05) is 76.5 Å². The van der Waals surface area contributed by atoms with Crippen molar-refractivity contribution in [1.29, 1.82) is 0 Å². The molecule has 12 heteroatoms. The van der Waals surface area contributed by atoms with Gasteiger partial charge in [-0.25, -0.2) is 4.79 Å². The second kappa shape index (κ2) is 17.9. The second-order valence-corrected chi connectivity index (χ2v) is 16.8. The number of likely N-dealkylation sites (N-methyl/N-ethyl adjacent to an activating group) is 1. The van der Waals surface area contributed by atoms with Gasteiger partial charge in [0.15, 0.2) is 17.7 Å². The summed E-state index contributed by atoms with van der Waals surface area (Å²) >= 11 is 0. The fourth-order valence-electron chi connectivity index (χ4n) is 9.44. The Morgan fingerprint density at radius 3 is 2.41 bits per heavy atom. The monoisotopic (exact) mass is 777 g/mol. The predicted octanol–water partition coefficient (Wildman–Crippen LogP) is 5.34. The number of carbonyl (C=O) groups is 3. The highest BCUT2D eigenvalue weighted by Crippen LogP contribution is 2.44. The Bertz CT molecular complexity index is 1690. The number of nitrogens with zero attached hydrogens (tertiary/aromatic N) is 3. The van der Waals surface area contributed by atoms with Gasteiger partial charge < -0.3 is 33.7 Å². The lowest BCUT2D eigenvalue weighted by Crippen LogP contribution is -2.60. The van der Waals surface area contributed by atoms with Crippen LogP contribution in [0, 0.1) is 35.5 Å². The molecule has 1 aromatic carbocycles. The lowest BCUT2D eigenvalue weighted by atomic mass is 9.73. The molecule has 0 unspecified atom stereocenters. The molecule has 3 saturated heterocycles. The normalized spacial score (nSPS) is 38.1. The fourth-order valence-corrected chi connectivity index (χ4v) is 9.44. The van der Waals surface area contributed by atoms with Crippen LogP contribution in [0.1, 0.15) is 85.8 Å². The first-order valence-corrected chi connectivity index (χ1v) is 20.2. The minimum Gasteiger partial charge on any atom is -0.458 e. The molecule has 4 aliphatic rings. The summed E-state index contributed by atoms with van der Waals surface area (Å²) in [7, 11) is 3.80. The smallest absolute Gasteiger partial charge is 0.410 e. The minimum absolute atomic E-state index is 0.0220. The number of aliphatic hydroxyl groups is 1. The van der Waals surface area contributed by atoms with Crippen molar-refractivity contribution in [1.82, 2.24) is 9.80 Å². The predicted molar refractivity (Wildman–Crippen MR) is 214 cm³/mol. The fraction of sp³-hybridized carbons (Fsp3) is 0.682. The molecule has 0 spiro atoms. The largest absolute Gasteiger partial charge is 0.458 e. The molecule has 0 saturated carbocycles. The molecule has 1 amide bonds. The Balaban J connectivity index is 1.58. The van der Waals surface area contributed by atoms with Crippen molar-refractivity contribution in [3.8, 4) is 11.8 Å². The van der Waals surface area contributed by atoms with Crippen molar-refractivity contribution >= 4 is 29.6 Å². The average molecular weight is 778 g/mol. The number of fused-ring (bicyclic) bond motifs is 1. The molecule has 4 aliphatic heterocycles. The standard InChI is InChI=1S/C44H63N3O9/c1-12-31-17-19-32(20-18-31)16-14-15-23-52-43(8)25-26(3)35-28(5)38-44(9,56-42(51)47(38)22-21-45-35)34(13-2)54-40(50)30(7)36(48)29(6)39(43)55-41-37(49)33(46(10)11)24-27(4)53-41/h12,17-20,26-30,33-34,37-39,41,49H,1,13,16,21-25H2,2-11H3/t26-,27-,28+,29+,30-,33+,34-,37-,38-,39-,41+,43-,44-/m1/s1. The number of esters is 1. The maximum absolute atomic E-state index is 14.5. The first kappa shape index (κ1) is 43.5. The topological polar surface area (TPSA) is 136 Å². The number of carbonyl (C=O) groups excluding carboxylic acids is 3. The zero-order valence-corrected chi connectivity index (χ0v) is 34.9. The van der Waals surface area contributed by atoms with Crippen LogP contribution >= 0.6 is 0 Å². The molecular formula is C44H63N3O9. The number of ketones is 1. The van der Waals surface area contributed by atoms with E-state index in [1.54, 1.807) is 17.9 Å². The first-order valence-electron chi connectivity index (χ1n) is 20.2. The summed E-state index contributed by atoms with van der Waals surface area (Å²) in [6, 6.07) is 7.27. The molecule has 0 aliphatic carbocycles. The van der Waals surface area contributed by atoms with Crippen LogP contribution in [0.4, 0.5) is 4.79 Å². The summed E-state index contributed by atoms with van der Waals surface area (Å²) in [4.78, 5) is 50.7. The van der Waals surface area contributed by atoms with Crippen molar-refractivity contribution in [2.75, 3.05) is 33.8 Å². The summed E-state index contributed by atoms with van der Waals surface area (Å²) in [5, 5.41) is 11.6. The van der Waals surface area contributed by atoms with E-state index in [0.29, 0.717) is 38.8 Å². The van der Waals surface area contributed by atoms with Gasteiger partial charge in [-0.3, -0.25) is 19.5 Å². The van der Waals surface area contributed by atoms with E-state index < -0.39 is 71.5 Å². The van der Waals surface area contributed by atoms with Crippen molar-refractivity contribution in [3.05, 3.63) is 42.0 Å². The average Bonchev–Trinajstić information content (AvgIpc) is 3.28. The van der Waals surface area contributed by atoms with Crippen molar-refractivity contribution in [2.24, 2.45) is 28.7 Å². The second-order valence-electron chi connectivity index (χ2n) is 16.8.